The maximum Gasteiger partial charge on any atom is 0.408 e. The van der Waals surface area contributed by atoms with Gasteiger partial charge in [0, 0.05) is 7.05 Å². The first kappa shape index (κ1) is 18.8. The number of alkyl carbamates (subject to hydrolysis) is 1. The van der Waals surface area contributed by atoms with E-state index in [9.17, 15) is 9.59 Å². The van der Waals surface area contributed by atoms with Crippen molar-refractivity contribution >= 4 is 12.1 Å². The summed E-state index contributed by atoms with van der Waals surface area (Å²) in [6, 6.07) is 9.05. The number of nitrogens with zero attached hydrogens (tertiary/aromatic N) is 1. The Hall–Kier alpha value is -2.54. The summed E-state index contributed by atoms with van der Waals surface area (Å²) in [4.78, 5) is 29.8. The van der Waals surface area contributed by atoms with E-state index in [0.717, 1.165) is 5.56 Å². The van der Waals surface area contributed by atoms with Crippen molar-refractivity contribution in [3.05, 3.63) is 47.2 Å². The van der Waals surface area contributed by atoms with Crippen LogP contribution in [0.3, 0.4) is 0 Å². The average molecular weight is 348 g/mol. The van der Waals surface area contributed by atoms with Gasteiger partial charge < -0.3 is 19.6 Å². The molecule has 1 unspecified atom stereocenters. The summed E-state index contributed by atoms with van der Waals surface area (Å²) in [6.45, 7) is 5.35. The molecular formula is C18H24N2O5. The Kier molecular flexibility index (Phi) is 5.69. The molecule has 1 atom stereocenters. The highest BCUT2D eigenvalue weighted by molar-refractivity contribution is 5.91. The Balaban J connectivity index is 2.23. The van der Waals surface area contributed by atoms with Crippen LogP contribution < -0.4 is 5.32 Å². The quantitative estimate of drug-likeness (QED) is 0.843. The number of benzene rings is 1. The van der Waals surface area contributed by atoms with Crippen molar-refractivity contribution in [2.24, 2.45) is 0 Å². The second-order valence-corrected chi connectivity index (χ2v) is 6.63. The fraction of sp³-hybridized carbons (Fsp3) is 0.444. The number of amides is 1. The van der Waals surface area contributed by atoms with Gasteiger partial charge in [-0.25, -0.2) is 9.59 Å². The van der Waals surface area contributed by atoms with Gasteiger partial charge in [0.15, 0.2) is 5.76 Å². The Labute approximate surface area is 147 Å². The van der Waals surface area contributed by atoms with Crippen molar-refractivity contribution in [1.29, 1.82) is 0 Å². The van der Waals surface area contributed by atoms with Crippen molar-refractivity contribution in [1.82, 2.24) is 10.4 Å². The number of rotatable bonds is 4. The van der Waals surface area contributed by atoms with Gasteiger partial charge in [0.2, 0.25) is 0 Å². The monoisotopic (exact) mass is 348 g/mol. The predicted molar refractivity (Wildman–Crippen MR) is 91.3 cm³/mol. The van der Waals surface area contributed by atoms with E-state index in [4.69, 9.17) is 14.3 Å². The minimum atomic E-state index is -0.608. The van der Waals surface area contributed by atoms with Crippen molar-refractivity contribution in [3.63, 3.8) is 0 Å². The van der Waals surface area contributed by atoms with E-state index < -0.39 is 23.7 Å². The largest absolute Gasteiger partial charge is 0.466 e. The number of ether oxygens (including phenoxy) is 2. The highest BCUT2D eigenvalue weighted by Gasteiger charge is 2.39. The van der Waals surface area contributed by atoms with Crippen LogP contribution >= 0.6 is 0 Å². The summed E-state index contributed by atoms with van der Waals surface area (Å²) in [5.41, 5.74) is 0.633. The molecule has 7 heteroatoms. The van der Waals surface area contributed by atoms with Gasteiger partial charge in [0.25, 0.3) is 0 Å². The average Bonchev–Trinajstić information content (AvgIpc) is 2.88. The summed E-state index contributed by atoms with van der Waals surface area (Å²) >= 11 is 0. The lowest BCUT2D eigenvalue weighted by Gasteiger charge is -2.20. The van der Waals surface area contributed by atoms with Crippen LogP contribution in [0.5, 0.6) is 0 Å². The lowest BCUT2D eigenvalue weighted by Crippen LogP contribution is -2.34. The van der Waals surface area contributed by atoms with Gasteiger partial charge in [-0.15, -0.1) is 5.06 Å². The molecule has 1 aliphatic rings. The van der Waals surface area contributed by atoms with Crippen LogP contribution in [-0.2, 0) is 19.1 Å². The molecule has 0 fully saturated rings. The van der Waals surface area contributed by atoms with Crippen LogP contribution in [0.25, 0.3) is 0 Å². The van der Waals surface area contributed by atoms with Crippen molar-refractivity contribution < 1.29 is 23.9 Å². The number of hydroxylamine groups is 2. The molecule has 1 N–H and O–H groups in total. The van der Waals surface area contributed by atoms with Gasteiger partial charge in [0.1, 0.15) is 17.2 Å². The van der Waals surface area contributed by atoms with Crippen LogP contribution in [0.4, 0.5) is 4.79 Å². The molecular weight excluding hydrogens is 324 g/mol. The molecule has 7 nitrogen and oxygen atoms in total. The normalized spacial score (nSPS) is 17.9. The first-order valence-corrected chi connectivity index (χ1v) is 7.97. The van der Waals surface area contributed by atoms with Crippen LogP contribution in [0.1, 0.15) is 32.4 Å². The highest BCUT2D eigenvalue weighted by atomic mass is 16.7. The van der Waals surface area contributed by atoms with E-state index in [2.05, 4.69) is 5.32 Å². The molecule has 0 aromatic heterocycles. The summed E-state index contributed by atoms with van der Waals surface area (Å²) < 4.78 is 10.1. The third-order valence-corrected chi connectivity index (χ3v) is 3.50. The number of hydrogen-bond donors (Lipinski definition) is 1. The number of carbonyl (C=O) groups excluding carboxylic acids is 2. The van der Waals surface area contributed by atoms with E-state index in [0.29, 0.717) is 11.3 Å². The topological polar surface area (TPSA) is 77.1 Å². The van der Waals surface area contributed by atoms with Crippen LogP contribution in [0.2, 0.25) is 0 Å². The number of likely N-dealkylation sites (N-methyl/N-ethyl adjacent to an activating group) is 1. The summed E-state index contributed by atoms with van der Waals surface area (Å²) in [5.74, 6) is -0.173. The van der Waals surface area contributed by atoms with Gasteiger partial charge in [-0.3, -0.25) is 0 Å². The molecule has 0 saturated carbocycles. The molecule has 0 spiro atoms. The van der Waals surface area contributed by atoms with E-state index in [1.54, 1.807) is 32.9 Å². The third-order valence-electron chi connectivity index (χ3n) is 3.50. The third kappa shape index (κ3) is 4.73. The number of nitrogens with one attached hydrogen (secondary N) is 1. The molecule has 0 saturated heterocycles. The zero-order valence-corrected chi connectivity index (χ0v) is 15.2. The molecule has 25 heavy (non-hydrogen) atoms. The minimum Gasteiger partial charge on any atom is -0.466 e. The van der Waals surface area contributed by atoms with Gasteiger partial charge in [-0.2, -0.15) is 0 Å². The summed E-state index contributed by atoms with van der Waals surface area (Å²) in [6.07, 6.45) is -0.585. The molecule has 136 valence electrons. The molecule has 1 aromatic rings. The van der Waals surface area contributed by atoms with Crippen LogP contribution in [0, 0.1) is 0 Å². The Bertz CT molecular complexity index is 664. The van der Waals surface area contributed by atoms with E-state index in [1.807, 2.05) is 30.3 Å². The predicted octanol–water partition coefficient (Wildman–Crippen LogP) is 2.56. The lowest BCUT2D eigenvalue weighted by atomic mass is 9.98. The fourth-order valence-corrected chi connectivity index (χ4v) is 2.55. The summed E-state index contributed by atoms with van der Waals surface area (Å²) in [7, 11) is 3.04. The highest BCUT2D eigenvalue weighted by Crippen LogP contribution is 2.37. The standard InChI is InChI=1S/C18H24N2O5/c1-18(2,3)24-17(22)19-11-13-14(16(21)23-5)15(20(4)25-13)12-9-7-6-8-10-12/h6-10,15H,11H2,1-5H3,(H,19,22). The summed E-state index contributed by atoms with van der Waals surface area (Å²) in [5, 5.41) is 4.17. The van der Waals surface area contributed by atoms with E-state index >= 15 is 0 Å². The first-order valence-electron chi connectivity index (χ1n) is 7.97. The zero-order valence-electron chi connectivity index (χ0n) is 15.2. The number of esters is 1. The molecule has 1 amide bonds. The number of carbonyl (C=O) groups is 2. The molecule has 1 heterocycles. The maximum absolute atomic E-state index is 12.3. The molecule has 0 aliphatic carbocycles. The zero-order chi connectivity index (χ0) is 18.6. The smallest absolute Gasteiger partial charge is 0.408 e. The Morgan fingerprint density at radius 3 is 2.44 bits per heavy atom. The molecule has 2 rings (SSSR count). The second-order valence-electron chi connectivity index (χ2n) is 6.63. The van der Waals surface area contributed by atoms with E-state index in [-0.39, 0.29) is 6.54 Å². The van der Waals surface area contributed by atoms with Crippen LogP contribution in [0.15, 0.2) is 41.7 Å². The molecule has 0 radical (unpaired) electrons. The Morgan fingerprint density at radius 1 is 1.24 bits per heavy atom. The SMILES string of the molecule is COC(=O)C1=C(CNC(=O)OC(C)(C)C)ON(C)C1c1ccccc1. The number of hydrogen-bond acceptors (Lipinski definition) is 6. The van der Waals surface area contributed by atoms with Crippen LogP contribution in [-0.4, -0.2) is 43.4 Å². The fourth-order valence-electron chi connectivity index (χ4n) is 2.55. The lowest BCUT2D eigenvalue weighted by molar-refractivity contribution is -0.137. The molecule has 0 bridgehead atoms. The van der Waals surface area contributed by atoms with Gasteiger partial charge >= 0.3 is 12.1 Å². The first-order chi connectivity index (χ1) is 11.7. The van der Waals surface area contributed by atoms with E-state index in [1.165, 1.54) is 7.11 Å². The van der Waals surface area contributed by atoms with Crippen molar-refractivity contribution in [2.45, 2.75) is 32.4 Å². The van der Waals surface area contributed by atoms with Crippen molar-refractivity contribution in [2.75, 3.05) is 20.7 Å². The van der Waals surface area contributed by atoms with Gasteiger partial charge in [-0.1, -0.05) is 30.3 Å². The van der Waals surface area contributed by atoms with Gasteiger partial charge in [0.05, 0.1) is 13.7 Å². The number of methoxy groups -OCH3 is 1. The molecule has 1 aromatic carbocycles. The van der Waals surface area contributed by atoms with Gasteiger partial charge in [-0.05, 0) is 26.3 Å². The second kappa shape index (κ2) is 7.57. The maximum atomic E-state index is 12.3. The Morgan fingerprint density at radius 2 is 1.88 bits per heavy atom. The van der Waals surface area contributed by atoms with Crippen molar-refractivity contribution in [3.8, 4) is 0 Å². The minimum absolute atomic E-state index is 0.0209. The molecule has 1 aliphatic heterocycles.